The SMILES string of the molecule is Cc1cc(N2CC3CCCN3CC2C)c(C#N)c(C)n1. The van der Waals surface area contributed by atoms with E-state index < -0.39 is 0 Å². The van der Waals surface area contributed by atoms with Gasteiger partial charge in [-0.15, -0.1) is 0 Å². The summed E-state index contributed by atoms with van der Waals surface area (Å²) in [5.41, 5.74) is 3.67. The van der Waals surface area contributed by atoms with E-state index in [0.717, 1.165) is 35.7 Å². The summed E-state index contributed by atoms with van der Waals surface area (Å²) in [6.07, 6.45) is 2.60. The second kappa shape index (κ2) is 5.06. The lowest BCUT2D eigenvalue weighted by atomic mass is 10.0. The fraction of sp³-hybridized carbons (Fsp3) is 0.625. The smallest absolute Gasteiger partial charge is 0.103 e. The molecule has 4 nitrogen and oxygen atoms in total. The maximum Gasteiger partial charge on any atom is 0.103 e. The molecule has 1 aromatic heterocycles. The van der Waals surface area contributed by atoms with Crippen LogP contribution in [-0.4, -0.2) is 41.6 Å². The Morgan fingerprint density at radius 2 is 2.15 bits per heavy atom. The average Bonchev–Trinajstić information content (AvgIpc) is 2.84. The van der Waals surface area contributed by atoms with Crippen LogP contribution in [0.2, 0.25) is 0 Å². The Kier molecular flexibility index (Phi) is 3.39. The number of fused-ring (bicyclic) bond motifs is 1. The first-order valence-corrected chi connectivity index (χ1v) is 7.49. The number of hydrogen-bond acceptors (Lipinski definition) is 4. The lowest BCUT2D eigenvalue weighted by molar-refractivity contribution is 0.203. The van der Waals surface area contributed by atoms with Gasteiger partial charge in [-0.05, 0) is 46.2 Å². The summed E-state index contributed by atoms with van der Waals surface area (Å²) >= 11 is 0. The van der Waals surface area contributed by atoms with Gasteiger partial charge >= 0.3 is 0 Å². The van der Waals surface area contributed by atoms with Crippen LogP contribution in [0.4, 0.5) is 5.69 Å². The predicted molar refractivity (Wildman–Crippen MR) is 79.8 cm³/mol. The lowest BCUT2D eigenvalue weighted by Gasteiger charge is -2.44. The van der Waals surface area contributed by atoms with Gasteiger partial charge in [-0.25, -0.2) is 0 Å². The highest BCUT2D eigenvalue weighted by molar-refractivity contribution is 5.62. The average molecular weight is 270 g/mol. The van der Waals surface area contributed by atoms with Crippen molar-refractivity contribution in [3.8, 4) is 6.07 Å². The Labute approximate surface area is 121 Å². The number of piperazine rings is 1. The van der Waals surface area contributed by atoms with Crippen molar-refractivity contribution in [2.45, 2.75) is 45.7 Å². The van der Waals surface area contributed by atoms with Gasteiger partial charge in [0.2, 0.25) is 0 Å². The van der Waals surface area contributed by atoms with Gasteiger partial charge in [0, 0.05) is 30.9 Å². The third kappa shape index (κ3) is 2.16. The minimum absolute atomic E-state index is 0.456. The van der Waals surface area contributed by atoms with E-state index in [0.29, 0.717) is 12.1 Å². The van der Waals surface area contributed by atoms with Crippen molar-refractivity contribution >= 4 is 5.69 Å². The normalized spacial score (nSPS) is 26.4. The van der Waals surface area contributed by atoms with Crippen molar-refractivity contribution in [1.29, 1.82) is 5.26 Å². The Morgan fingerprint density at radius 3 is 2.90 bits per heavy atom. The summed E-state index contributed by atoms with van der Waals surface area (Å²) < 4.78 is 0. The van der Waals surface area contributed by atoms with E-state index in [-0.39, 0.29) is 0 Å². The topological polar surface area (TPSA) is 43.2 Å². The maximum absolute atomic E-state index is 9.47. The van der Waals surface area contributed by atoms with Crippen molar-refractivity contribution in [1.82, 2.24) is 9.88 Å². The quantitative estimate of drug-likeness (QED) is 0.785. The van der Waals surface area contributed by atoms with E-state index in [1.165, 1.54) is 19.4 Å². The van der Waals surface area contributed by atoms with Gasteiger partial charge in [0.05, 0.1) is 16.9 Å². The van der Waals surface area contributed by atoms with Gasteiger partial charge in [-0.2, -0.15) is 5.26 Å². The molecule has 0 spiro atoms. The zero-order valence-corrected chi connectivity index (χ0v) is 12.6. The number of rotatable bonds is 1. The number of aromatic nitrogens is 1. The molecule has 0 saturated carbocycles. The maximum atomic E-state index is 9.47. The second-order valence-corrected chi connectivity index (χ2v) is 6.15. The molecule has 1 aromatic rings. The fourth-order valence-electron chi connectivity index (χ4n) is 3.70. The molecule has 2 saturated heterocycles. The predicted octanol–water partition coefficient (Wildman–Crippen LogP) is 2.24. The molecule has 0 bridgehead atoms. The highest BCUT2D eigenvalue weighted by Gasteiger charge is 2.35. The monoisotopic (exact) mass is 270 g/mol. The molecular weight excluding hydrogens is 248 g/mol. The van der Waals surface area contributed by atoms with Crippen LogP contribution in [0.3, 0.4) is 0 Å². The molecule has 3 heterocycles. The number of hydrogen-bond donors (Lipinski definition) is 0. The second-order valence-electron chi connectivity index (χ2n) is 6.15. The first kappa shape index (κ1) is 13.4. The van der Waals surface area contributed by atoms with Crippen molar-refractivity contribution < 1.29 is 0 Å². The van der Waals surface area contributed by atoms with Gasteiger partial charge in [0.1, 0.15) is 6.07 Å². The largest absolute Gasteiger partial charge is 0.365 e. The minimum atomic E-state index is 0.456. The van der Waals surface area contributed by atoms with Crippen LogP contribution in [-0.2, 0) is 0 Å². The van der Waals surface area contributed by atoms with E-state index >= 15 is 0 Å². The van der Waals surface area contributed by atoms with Crippen LogP contribution in [0.1, 0.15) is 36.7 Å². The molecule has 0 N–H and O–H groups in total. The molecule has 2 atom stereocenters. The molecule has 0 aliphatic carbocycles. The van der Waals surface area contributed by atoms with Crippen molar-refractivity contribution in [2.75, 3.05) is 24.5 Å². The minimum Gasteiger partial charge on any atom is -0.365 e. The Bertz CT molecular complexity index is 560. The molecule has 2 unspecified atom stereocenters. The third-order valence-corrected chi connectivity index (χ3v) is 4.67. The van der Waals surface area contributed by atoms with Crippen LogP contribution < -0.4 is 4.90 Å². The van der Waals surface area contributed by atoms with Crippen LogP contribution in [0, 0.1) is 25.2 Å². The van der Waals surface area contributed by atoms with E-state index in [4.69, 9.17) is 0 Å². The molecule has 0 amide bonds. The summed E-state index contributed by atoms with van der Waals surface area (Å²) in [5.74, 6) is 0. The molecule has 2 aliphatic rings. The molecule has 20 heavy (non-hydrogen) atoms. The fourth-order valence-corrected chi connectivity index (χ4v) is 3.70. The Hall–Kier alpha value is -1.60. The highest BCUT2D eigenvalue weighted by atomic mass is 15.3. The summed E-state index contributed by atoms with van der Waals surface area (Å²) in [7, 11) is 0. The lowest BCUT2D eigenvalue weighted by Crippen LogP contribution is -2.55. The summed E-state index contributed by atoms with van der Waals surface area (Å²) in [6, 6.07) is 5.54. The molecule has 2 aliphatic heterocycles. The summed E-state index contributed by atoms with van der Waals surface area (Å²) in [5, 5.41) is 9.47. The number of anilines is 1. The first-order chi connectivity index (χ1) is 9.60. The molecular formula is C16H22N4. The van der Waals surface area contributed by atoms with Crippen molar-refractivity contribution in [2.24, 2.45) is 0 Å². The van der Waals surface area contributed by atoms with E-state index in [1.54, 1.807) is 0 Å². The number of nitriles is 1. The zero-order valence-electron chi connectivity index (χ0n) is 12.6. The molecule has 2 fully saturated rings. The summed E-state index contributed by atoms with van der Waals surface area (Å²) in [4.78, 5) is 9.46. The summed E-state index contributed by atoms with van der Waals surface area (Å²) in [6.45, 7) is 9.59. The van der Waals surface area contributed by atoms with Gasteiger partial charge in [0.25, 0.3) is 0 Å². The molecule has 106 valence electrons. The Balaban J connectivity index is 1.98. The van der Waals surface area contributed by atoms with Crippen LogP contribution in [0.25, 0.3) is 0 Å². The highest BCUT2D eigenvalue weighted by Crippen LogP contribution is 2.31. The van der Waals surface area contributed by atoms with Gasteiger partial charge in [0.15, 0.2) is 0 Å². The van der Waals surface area contributed by atoms with E-state index in [2.05, 4.69) is 33.8 Å². The first-order valence-electron chi connectivity index (χ1n) is 7.49. The van der Waals surface area contributed by atoms with Gasteiger partial charge in [-0.3, -0.25) is 9.88 Å². The van der Waals surface area contributed by atoms with Crippen molar-refractivity contribution in [3.05, 3.63) is 23.0 Å². The molecule has 3 rings (SSSR count). The third-order valence-electron chi connectivity index (χ3n) is 4.67. The molecule has 0 radical (unpaired) electrons. The van der Waals surface area contributed by atoms with Crippen LogP contribution >= 0.6 is 0 Å². The standard InChI is InChI=1S/C16H22N4/c1-11-7-16(15(8-17)13(3)18-11)20-10-14-5-4-6-19(14)9-12(20)2/h7,12,14H,4-6,9-10H2,1-3H3. The van der Waals surface area contributed by atoms with E-state index in [1.807, 2.05) is 13.8 Å². The van der Waals surface area contributed by atoms with Crippen molar-refractivity contribution in [3.63, 3.8) is 0 Å². The number of pyridine rings is 1. The zero-order chi connectivity index (χ0) is 14.3. The van der Waals surface area contributed by atoms with Crippen LogP contribution in [0.15, 0.2) is 6.07 Å². The number of nitrogens with zero attached hydrogens (tertiary/aromatic N) is 4. The van der Waals surface area contributed by atoms with Gasteiger partial charge in [-0.1, -0.05) is 0 Å². The van der Waals surface area contributed by atoms with Crippen LogP contribution in [0.5, 0.6) is 0 Å². The molecule has 0 aromatic carbocycles. The number of aryl methyl sites for hydroxylation is 2. The van der Waals surface area contributed by atoms with E-state index in [9.17, 15) is 5.26 Å². The molecule has 4 heteroatoms. The van der Waals surface area contributed by atoms with Gasteiger partial charge < -0.3 is 4.90 Å². The Morgan fingerprint density at radius 1 is 1.35 bits per heavy atom.